The number of nitrogens with zero attached hydrogens (tertiary/aromatic N) is 3. The third-order valence-corrected chi connectivity index (χ3v) is 6.13. The number of pyridine rings is 1. The molecule has 0 aromatic carbocycles. The summed E-state index contributed by atoms with van der Waals surface area (Å²) in [5, 5.41) is 4.37. The van der Waals surface area contributed by atoms with Gasteiger partial charge in [-0.25, -0.2) is 9.78 Å². The molecule has 0 saturated carbocycles. The molecule has 0 radical (unpaired) electrons. The maximum absolute atomic E-state index is 12.3. The van der Waals surface area contributed by atoms with Crippen LogP contribution in [0.25, 0.3) is 0 Å². The van der Waals surface area contributed by atoms with Crippen molar-refractivity contribution < 1.29 is 9.53 Å². The summed E-state index contributed by atoms with van der Waals surface area (Å²) in [6.45, 7) is 7.07. The van der Waals surface area contributed by atoms with Crippen molar-refractivity contribution in [1.82, 2.24) is 14.9 Å². The summed E-state index contributed by atoms with van der Waals surface area (Å²) in [7, 11) is 0. The van der Waals surface area contributed by atoms with Gasteiger partial charge in [0, 0.05) is 31.1 Å². The molecular weight excluding hydrogens is 380 g/mol. The van der Waals surface area contributed by atoms with Gasteiger partial charge in [0.2, 0.25) is 0 Å². The molecule has 3 heterocycles. The molecule has 2 aromatic heterocycles. The van der Waals surface area contributed by atoms with Crippen LogP contribution in [-0.2, 0) is 10.5 Å². The number of ether oxygens (including phenoxy) is 1. The number of amides is 1. The number of nitrogens with one attached hydrogen (secondary N) is 1. The fraction of sp³-hybridized carbons (Fsp3) is 0.526. The van der Waals surface area contributed by atoms with Crippen LogP contribution < -0.4 is 5.32 Å². The third kappa shape index (κ3) is 6.39. The van der Waals surface area contributed by atoms with Crippen molar-refractivity contribution in [3.8, 4) is 0 Å². The molecule has 1 N–H and O–H groups in total. The van der Waals surface area contributed by atoms with Crippen LogP contribution in [0.4, 0.5) is 9.93 Å². The van der Waals surface area contributed by atoms with Gasteiger partial charge in [-0.3, -0.25) is 4.98 Å². The normalized spacial score (nSPS) is 17.6. The van der Waals surface area contributed by atoms with Crippen molar-refractivity contribution in [2.75, 3.05) is 18.4 Å². The summed E-state index contributed by atoms with van der Waals surface area (Å²) in [4.78, 5) is 22.9. The zero-order valence-electron chi connectivity index (χ0n) is 16.0. The summed E-state index contributed by atoms with van der Waals surface area (Å²) < 4.78 is 6.65. The lowest BCUT2D eigenvalue weighted by Crippen LogP contribution is -2.46. The summed E-state index contributed by atoms with van der Waals surface area (Å²) in [6, 6.07) is 6.15. The molecule has 6 nitrogen and oxygen atoms in total. The number of hydrogen-bond donors (Lipinski definition) is 1. The Morgan fingerprint density at radius 2 is 2.26 bits per heavy atom. The number of anilines is 1. The fourth-order valence-corrected chi connectivity index (χ4v) is 4.65. The van der Waals surface area contributed by atoms with Crippen molar-refractivity contribution in [3.05, 3.63) is 36.3 Å². The third-order valence-electron chi connectivity index (χ3n) is 3.97. The Morgan fingerprint density at radius 3 is 3.00 bits per heavy atom. The zero-order valence-corrected chi connectivity index (χ0v) is 17.6. The molecule has 1 amide bonds. The van der Waals surface area contributed by atoms with E-state index in [9.17, 15) is 4.79 Å². The smallest absolute Gasteiger partial charge is 0.410 e. The van der Waals surface area contributed by atoms with Crippen LogP contribution in [-0.4, -0.2) is 45.7 Å². The monoisotopic (exact) mass is 406 g/mol. The number of hydrogen-bond acceptors (Lipinski definition) is 7. The summed E-state index contributed by atoms with van der Waals surface area (Å²) >= 11 is 3.38. The van der Waals surface area contributed by atoms with Gasteiger partial charge in [-0.05, 0) is 45.7 Å². The summed E-state index contributed by atoms with van der Waals surface area (Å²) in [6.07, 6.45) is 5.46. The fourth-order valence-electron chi connectivity index (χ4n) is 2.78. The topological polar surface area (TPSA) is 67.3 Å². The second-order valence-corrected chi connectivity index (χ2v) is 9.81. The van der Waals surface area contributed by atoms with Gasteiger partial charge in [0.15, 0.2) is 5.13 Å². The molecule has 2 aromatic rings. The quantitative estimate of drug-likeness (QED) is 0.730. The van der Waals surface area contributed by atoms with Gasteiger partial charge >= 0.3 is 6.09 Å². The maximum Gasteiger partial charge on any atom is 0.410 e. The van der Waals surface area contributed by atoms with Gasteiger partial charge in [-0.15, -0.1) is 11.8 Å². The van der Waals surface area contributed by atoms with Crippen LogP contribution in [0.15, 0.2) is 34.8 Å². The van der Waals surface area contributed by atoms with E-state index in [2.05, 4.69) is 15.3 Å². The SMILES string of the molecule is CC(C)(C)OC(=O)N1CCC[C@@H](Nc2ncc(SCc3ccccn3)s2)C1. The summed E-state index contributed by atoms with van der Waals surface area (Å²) in [5.41, 5.74) is 0.595. The van der Waals surface area contributed by atoms with Crippen molar-refractivity contribution in [2.45, 2.75) is 55.2 Å². The van der Waals surface area contributed by atoms with E-state index in [0.29, 0.717) is 6.54 Å². The zero-order chi connectivity index (χ0) is 19.3. The maximum atomic E-state index is 12.3. The van der Waals surface area contributed by atoms with E-state index in [1.807, 2.05) is 51.4 Å². The number of thioether (sulfide) groups is 1. The summed E-state index contributed by atoms with van der Waals surface area (Å²) in [5.74, 6) is 0.832. The predicted molar refractivity (Wildman–Crippen MR) is 110 cm³/mol. The Hall–Kier alpha value is -1.80. The van der Waals surface area contributed by atoms with E-state index in [0.717, 1.165) is 40.2 Å². The van der Waals surface area contributed by atoms with E-state index in [4.69, 9.17) is 4.74 Å². The van der Waals surface area contributed by atoms with Crippen LogP contribution in [0.3, 0.4) is 0 Å². The Morgan fingerprint density at radius 1 is 1.41 bits per heavy atom. The highest BCUT2D eigenvalue weighted by molar-refractivity contribution is 8.00. The molecular formula is C19H26N4O2S2. The minimum atomic E-state index is -0.466. The molecule has 0 spiro atoms. The van der Waals surface area contributed by atoms with Crippen molar-refractivity contribution in [3.63, 3.8) is 0 Å². The van der Waals surface area contributed by atoms with E-state index < -0.39 is 5.60 Å². The van der Waals surface area contributed by atoms with Gasteiger partial charge in [0.25, 0.3) is 0 Å². The van der Waals surface area contributed by atoms with Gasteiger partial charge in [-0.2, -0.15) is 0 Å². The Labute approximate surface area is 168 Å². The second kappa shape index (κ2) is 8.93. The Kier molecular flexibility index (Phi) is 6.59. The van der Waals surface area contributed by atoms with Crippen molar-refractivity contribution >= 4 is 34.3 Å². The number of aromatic nitrogens is 2. The minimum absolute atomic E-state index is 0.200. The minimum Gasteiger partial charge on any atom is -0.444 e. The number of carbonyl (C=O) groups is 1. The Bertz CT molecular complexity index is 746. The number of thiazole rings is 1. The van der Waals surface area contributed by atoms with Crippen LogP contribution in [0, 0.1) is 0 Å². The highest BCUT2D eigenvalue weighted by Crippen LogP contribution is 2.31. The molecule has 146 valence electrons. The van der Waals surface area contributed by atoms with Crippen LogP contribution in [0.1, 0.15) is 39.3 Å². The highest BCUT2D eigenvalue weighted by Gasteiger charge is 2.27. The lowest BCUT2D eigenvalue weighted by Gasteiger charge is -2.34. The van der Waals surface area contributed by atoms with Crippen LogP contribution in [0.2, 0.25) is 0 Å². The first-order chi connectivity index (χ1) is 12.9. The first-order valence-electron chi connectivity index (χ1n) is 9.12. The molecule has 1 fully saturated rings. The van der Waals surface area contributed by atoms with Gasteiger partial charge in [-0.1, -0.05) is 17.4 Å². The van der Waals surface area contributed by atoms with E-state index in [1.165, 1.54) is 0 Å². The molecule has 0 bridgehead atoms. The van der Waals surface area contributed by atoms with Crippen molar-refractivity contribution in [2.24, 2.45) is 0 Å². The molecule has 1 aliphatic heterocycles. The number of rotatable bonds is 5. The standard InChI is InChI=1S/C19H26N4O2S2/c1-19(2,3)25-18(24)23-10-6-8-14(12-23)22-17-21-11-16(27-17)26-13-15-7-4-5-9-20-15/h4-5,7,9,11,14H,6,8,10,12-13H2,1-3H3,(H,21,22)/t14-/m1/s1. The number of piperidine rings is 1. The average Bonchev–Trinajstić information content (AvgIpc) is 3.07. The Balaban J connectivity index is 1.50. The number of likely N-dealkylation sites (tertiary alicyclic amines) is 1. The predicted octanol–water partition coefficient (Wildman–Crippen LogP) is 4.64. The lowest BCUT2D eigenvalue weighted by atomic mass is 10.1. The second-order valence-electron chi connectivity index (χ2n) is 7.50. The first-order valence-corrected chi connectivity index (χ1v) is 10.9. The molecule has 0 aliphatic carbocycles. The molecule has 1 atom stereocenters. The van der Waals surface area contributed by atoms with Crippen LogP contribution >= 0.6 is 23.1 Å². The molecule has 3 rings (SSSR count). The van der Waals surface area contributed by atoms with E-state index in [1.54, 1.807) is 28.0 Å². The van der Waals surface area contributed by atoms with E-state index in [-0.39, 0.29) is 12.1 Å². The van der Waals surface area contributed by atoms with Crippen LogP contribution in [0.5, 0.6) is 0 Å². The molecule has 8 heteroatoms. The molecule has 1 saturated heterocycles. The van der Waals surface area contributed by atoms with E-state index >= 15 is 0 Å². The van der Waals surface area contributed by atoms with Gasteiger partial charge in [0.1, 0.15) is 5.60 Å². The van der Waals surface area contributed by atoms with Gasteiger partial charge in [0.05, 0.1) is 16.1 Å². The number of carbonyl (C=O) groups excluding carboxylic acids is 1. The lowest BCUT2D eigenvalue weighted by molar-refractivity contribution is 0.0206. The molecule has 1 aliphatic rings. The highest BCUT2D eigenvalue weighted by atomic mass is 32.2. The first kappa shape index (κ1) is 19.9. The van der Waals surface area contributed by atoms with Crippen molar-refractivity contribution in [1.29, 1.82) is 0 Å². The molecule has 27 heavy (non-hydrogen) atoms. The molecule has 0 unspecified atom stereocenters. The van der Waals surface area contributed by atoms with Gasteiger partial charge < -0.3 is 15.0 Å². The average molecular weight is 407 g/mol. The largest absolute Gasteiger partial charge is 0.444 e.